The van der Waals surface area contributed by atoms with Crippen molar-refractivity contribution in [2.24, 2.45) is 14.1 Å². The van der Waals surface area contributed by atoms with E-state index in [-0.39, 0.29) is 11.2 Å². The normalized spacial score (nSPS) is 11.5. The van der Waals surface area contributed by atoms with Crippen LogP contribution in [0.25, 0.3) is 11.2 Å². The van der Waals surface area contributed by atoms with Gasteiger partial charge in [0.1, 0.15) is 0 Å². The second-order valence-electron chi connectivity index (χ2n) is 5.85. The molecule has 0 fully saturated rings. The third-order valence-corrected chi connectivity index (χ3v) is 4.03. The molecular weight excluding hydrogens is 310 g/mol. The van der Waals surface area contributed by atoms with Gasteiger partial charge in [-0.3, -0.25) is 18.6 Å². The second-order valence-corrected chi connectivity index (χ2v) is 5.85. The van der Waals surface area contributed by atoms with Crippen molar-refractivity contribution in [3.05, 3.63) is 45.1 Å². The average Bonchev–Trinajstić information content (AvgIpc) is 3.17. The molecule has 1 N–H and O–H groups in total. The molecule has 24 heavy (non-hydrogen) atoms. The van der Waals surface area contributed by atoms with E-state index in [9.17, 15) is 9.59 Å². The van der Waals surface area contributed by atoms with Crippen LogP contribution in [-0.4, -0.2) is 41.6 Å². The van der Waals surface area contributed by atoms with E-state index in [2.05, 4.69) is 15.4 Å². The number of rotatable bonds is 6. The molecule has 3 heterocycles. The van der Waals surface area contributed by atoms with E-state index in [0.717, 1.165) is 23.2 Å². The van der Waals surface area contributed by atoms with Crippen LogP contribution in [0.4, 0.5) is 0 Å². The molecule has 0 amide bonds. The summed E-state index contributed by atoms with van der Waals surface area (Å²) in [6.45, 7) is 4.87. The van der Waals surface area contributed by atoms with Crippen molar-refractivity contribution in [1.29, 1.82) is 0 Å². The molecule has 128 valence electrons. The molecule has 0 aliphatic heterocycles. The number of aromatic nitrogens is 6. The van der Waals surface area contributed by atoms with Crippen LogP contribution >= 0.6 is 0 Å². The highest BCUT2D eigenvalue weighted by Crippen LogP contribution is 2.04. The second kappa shape index (κ2) is 6.44. The zero-order valence-electron chi connectivity index (χ0n) is 14.1. The fourth-order valence-corrected chi connectivity index (χ4v) is 2.67. The third-order valence-electron chi connectivity index (χ3n) is 4.03. The highest BCUT2D eigenvalue weighted by molar-refractivity contribution is 5.69. The van der Waals surface area contributed by atoms with E-state index >= 15 is 0 Å². The lowest BCUT2D eigenvalue weighted by molar-refractivity contribution is 0.534. The first kappa shape index (κ1) is 16.2. The number of nitrogens with one attached hydrogen (secondary N) is 1. The minimum atomic E-state index is -0.370. The molecule has 0 unspecified atom stereocenters. The topological polar surface area (TPSA) is 91.7 Å². The number of imidazole rings is 1. The Labute approximate surface area is 138 Å². The fourth-order valence-electron chi connectivity index (χ4n) is 2.67. The number of fused-ring (bicyclic) bond motifs is 1. The Bertz CT molecular complexity index is 976. The summed E-state index contributed by atoms with van der Waals surface area (Å²) in [4.78, 5) is 28.4. The van der Waals surface area contributed by atoms with Crippen molar-refractivity contribution in [1.82, 2.24) is 33.8 Å². The van der Waals surface area contributed by atoms with Gasteiger partial charge in [-0.2, -0.15) is 5.10 Å². The number of nitrogens with zero attached hydrogens (tertiary/aromatic N) is 6. The maximum atomic E-state index is 12.3. The van der Waals surface area contributed by atoms with Crippen LogP contribution in [0.5, 0.6) is 0 Å². The fraction of sp³-hybridized carbons (Fsp3) is 0.467. The third kappa shape index (κ3) is 2.90. The van der Waals surface area contributed by atoms with Crippen molar-refractivity contribution in [3.63, 3.8) is 0 Å². The van der Waals surface area contributed by atoms with E-state index in [1.165, 1.54) is 11.6 Å². The Morgan fingerprint density at radius 1 is 1.12 bits per heavy atom. The van der Waals surface area contributed by atoms with E-state index in [1.807, 2.05) is 24.0 Å². The van der Waals surface area contributed by atoms with Crippen LogP contribution in [-0.2, 0) is 27.2 Å². The van der Waals surface area contributed by atoms with E-state index in [1.54, 1.807) is 17.9 Å². The van der Waals surface area contributed by atoms with Gasteiger partial charge in [0.15, 0.2) is 11.2 Å². The van der Waals surface area contributed by atoms with Crippen LogP contribution in [0.3, 0.4) is 0 Å². The quantitative estimate of drug-likeness (QED) is 0.599. The summed E-state index contributed by atoms with van der Waals surface area (Å²) in [6.07, 6.45) is 5.43. The maximum Gasteiger partial charge on any atom is 0.332 e. The highest BCUT2D eigenvalue weighted by atomic mass is 16.2. The smallest absolute Gasteiger partial charge is 0.323 e. The zero-order chi connectivity index (χ0) is 17.3. The summed E-state index contributed by atoms with van der Waals surface area (Å²) >= 11 is 0. The van der Waals surface area contributed by atoms with Gasteiger partial charge >= 0.3 is 5.69 Å². The standard InChI is InChI=1S/C15H21N7O2/c1-11-8-18-22(9-11)7-5-16-4-6-21-10-17-13-12(21)14(23)20(3)15(24)19(13)2/h8-10,16H,4-7H2,1-3H3. The summed E-state index contributed by atoms with van der Waals surface area (Å²) in [5.41, 5.74) is 1.31. The molecule has 0 aromatic carbocycles. The van der Waals surface area contributed by atoms with Crippen molar-refractivity contribution in [3.8, 4) is 0 Å². The molecular formula is C15H21N7O2. The molecule has 9 nitrogen and oxygen atoms in total. The van der Waals surface area contributed by atoms with Crippen molar-refractivity contribution in [2.75, 3.05) is 13.1 Å². The zero-order valence-corrected chi connectivity index (χ0v) is 14.1. The molecule has 0 saturated carbocycles. The van der Waals surface area contributed by atoms with Gasteiger partial charge in [-0.05, 0) is 12.5 Å². The molecule has 0 atom stereocenters. The molecule has 0 spiro atoms. The predicted octanol–water partition coefficient (Wildman–Crippen LogP) is -0.772. The van der Waals surface area contributed by atoms with Crippen LogP contribution < -0.4 is 16.6 Å². The van der Waals surface area contributed by atoms with E-state index in [0.29, 0.717) is 24.3 Å². The van der Waals surface area contributed by atoms with E-state index in [4.69, 9.17) is 0 Å². The Hall–Kier alpha value is -2.68. The minimum absolute atomic E-state index is 0.322. The number of hydrogen-bond donors (Lipinski definition) is 1. The lowest BCUT2D eigenvalue weighted by atomic mass is 10.4. The monoisotopic (exact) mass is 331 g/mol. The van der Waals surface area contributed by atoms with Gasteiger partial charge in [0.2, 0.25) is 0 Å². The highest BCUT2D eigenvalue weighted by Gasteiger charge is 2.13. The average molecular weight is 331 g/mol. The Morgan fingerprint density at radius 2 is 1.88 bits per heavy atom. The number of aryl methyl sites for hydroxylation is 2. The molecule has 0 bridgehead atoms. The molecule has 0 saturated heterocycles. The molecule has 0 radical (unpaired) electrons. The Balaban J connectivity index is 1.66. The summed E-state index contributed by atoms with van der Waals surface area (Å²) in [5, 5.41) is 7.55. The Kier molecular flexibility index (Phi) is 4.34. The van der Waals surface area contributed by atoms with Gasteiger partial charge in [0.05, 0.1) is 19.1 Å². The summed E-state index contributed by atoms with van der Waals surface area (Å²) in [6, 6.07) is 0. The van der Waals surface area contributed by atoms with Crippen LogP contribution in [0.2, 0.25) is 0 Å². The van der Waals surface area contributed by atoms with Crippen molar-refractivity contribution >= 4 is 11.2 Å². The van der Waals surface area contributed by atoms with Crippen LogP contribution in [0.15, 0.2) is 28.3 Å². The first-order valence-electron chi connectivity index (χ1n) is 7.79. The largest absolute Gasteiger partial charge is 0.332 e. The van der Waals surface area contributed by atoms with Crippen LogP contribution in [0, 0.1) is 6.92 Å². The first-order chi connectivity index (χ1) is 11.5. The molecule has 0 aliphatic rings. The summed E-state index contributed by atoms with van der Waals surface area (Å²) in [7, 11) is 3.09. The molecule has 3 rings (SSSR count). The lowest BCUT2D eigenvalue weighted by Crippen LogP contribution is -2.37. The van der Waals surface area contributed by atoms with Gasteiger partial charge in [0.25, 0.3) is 5.56 Å². The first-order valence-corrected chi connectivity index (χ1v) is 7.79. The van der Waals surface area contributed by atoms with Gasteiger partial charge in [-0.25, -0.2) is 9.78 Å². The van der Waals surface area contributed by atoms with Crippen molar-refractivity contribution < 1.29 is 0 Å². The summed E-state index contributed by atoms with van der Waals surface area (Å²) in [5.74, 6) is 0. The van der Waals surface area contributed by atoms with Gasteiger partial charge in [-0.15, -0.1) is 0 Å². The van der Waals surface area contributed by atoms with E-state index < -0.39 is 0 Å². The maximum absolute atomic E-state index is 12.3. The molecule has 3 aromatic rings. The van der Waals surface area contributed by atoms with Crippen LogP contribution in [0.1, 0.15) is 5.56 Å². The molecule has 9 heteroatoms. The molecule has 0 aliphatic carbocycles. The lowest BCUT2D eigenvalue weighted by Gasteiger charge is -2.08. The number of hydrogen-bond acceptors (Lipinski definition) is 5. The van der Waals surface area contributed by atoms with Gasteiger partial charge in [-0.1, -0.05) is 0 Å². The van der Waals surface area contributed by atoms with Gasteiger partial charge in [0, 0.05) is 39.9 Å². The predicted molar refractivity (Wildman–Crippen MR) is 90.0 cm³/mol. The van der Waals surface area contributed by atoms with Crippen molar-refractivity contribution in [2.45, 2.75) is 20.0 Å². The minimum Gasteiger partial charge on any atom is -0.323 e. The summed E-state index contributed by atoms with van der Waals surface area (Å²) < 4.78 is 6.16. The molecule has 3 aromatic heterocycles. The Morgan fingerprint density at radius 3 is 2.58 bits per heavy atom. The van der Waals surface area contributed by atoms with Gasteiger partial charge < -0.3 is 9.88 Å². The SMILES string of the molecule is Cc1cnn(CCNCCn2cnc3c2c(=O)n(C)c(=O)n3C)c1.